The summed E-state index contributed by atoms with van der Waals surface area (Å²) in [5, 5.41) is 6.26. The maximum Gasteiger partial charge on any atom is 0.251 e. The molecule has 2 amide bonds. The van der Waals surface area contributed by atoms with E-state index >= 15 is 0 Å². The summed E-state index contributed by atoms with van der Waals surface area (Å²) in [6.07, 6.45) is 0.318. The maximum atomic E-state index is 11.9. The molecule has 0 aliphatic carbocycles. The summed E-state index contributed by atoms with van der Waals surface area (Å²) in [5.74, 6) is -0.372. The standard InChI is InChI=1S/C17H16Cl2N2O2/c18-14-9-13(10-15(19)11-14)17(23)21-7-6-20-16(22)8-12-4-2-1-3-5-12/h1-5,9-11H,6-8H2,(H,20,22)(H,21,23). The lowest BCUT2D eigenvalue weighted by Gasteiger charge is -2.08. The molecule has 0 bridgehead atoms. The van der Waals surface area contributed by atoms with Crippen LogP contribution in [0, 0.1) is 0 Å². The fourth-order valence-corrected chi connectivity index (χ4v) is 2.53. The minimum Gasteiger partial charge on any atom is -0.354 e. The summed E-state index contributed by atoms with van der Waals surface area (Å²) in [6, 6.07) is 14.1. The number of benzene rings is 2. The normalized spacial score (nSPS) is 10.2. The quantitative estimate of drug-likeness (QED) is 0.786. The predicted molar refractivity (Wildman–Crippen MR) is 92.0 cm³/mol. The second kappa shape index (κ2) is 8.56. The molecule has 6 heteroatoms. The van der Waals surface area contributed by atoms with Gasteiger partial charge in [-0.1, -0.05) is 53.5 Å². The molecule has 2 N–H and O–H groups in total. The van der Waals surface area contributed by atoms with E-state index < -0.39 is 0 Å². The second-order valence-corrected chi connectivity index (χ2v) is 5.80. The molecule has 0 saturated carbocycles. The van der Waals surface area contributed by atoms with Gasteiger partial charge in [0, 0.05) is 28.7 Å². The van der Waals surface area contributed by atoms with Crippen LogP contribution >= 0.6 is 23.2 Å². The number of halogens is 2. The van der Waals surface area contributed by atoms with E-state index in [4.69, 9.17) is 23.2 Å². The van der Waals surface area contributed by atoms with E-state index in [1.165, 1.54) is 12.1 Å². The molecule has 0 fully saturated rings. The van der Waals surface area contributed by atoms with Gasteiger partial charge in [-0.3, -0.25) is 9.59 Å². The Morgan fingerprint density at radius 1 is 0.870 bits per heavy atom. The second-order valence-electron chi connectivity index (χ2n) is 4.93. The van der Waals surface area contributed by atoms with Crippen molar-refractivity contribution in [2.75, 3.05) is 13.1 Å². The van der Waals surface area contributed by atoms with E-state index in [9.17, 15) is 9.59 Å². The molecule has 2 rings (SSSR count). The third-order valence-electron chi connectivity index (χ3n) is 3.06. The number of hydrogen-bond acceptors (Lipinski definition) is 2. The van der Waals surface area contributed by atoms with Crippen LogP contribution < -0.4 is 10.6 Å². The highest BCUT2D eigenvalue weighted by atomic mass is 35.5. The van der Waals surface area contributed by atoms with Crippen molar-refractivity contribution in [3.8, 4) is 0 Å². The molecule has 23 heavy (non-hydrogen) atoms. The van der Waals surface area contributed by atoms with Gasteiger partial charge >= 0.3 is 0 Å². The summed E-state index contributed by atoms with van der Waals surface area (Å²) in [4.78, 5) is 23.7. The zero-order valence-corrected chi connectivity index (χ0v) is 13.8. The van der Waals surface area contributed by atoms with Gasteiger partial charge < -0.3 is 10.6 Å². The maximum absolute atomic E-state index is 11.9. The molecule has 0 spiro atoms. The van der Waals surface area contributed by atoms with Crippen LogP contribution in [0.25, 0.3) is 0 Å². The first-order chi connectivity index (χ1) is 11.0. The SMILES string of the molecule is O=C(Cc1ccccc1)NCCNC(=O)c1cc(Cl)cc(Cl)c1. The van der Waals surface area contributed by atoms with Crippen molar-refractivity contribution < 1.29 is 9.59 Å². The van der Waals surface area contributed by atoms with E-state index in [0.717, 1.165) is 5.56 Å². The van der Waals surface area contributed by atoms with Gasteiger partial charge in [0.1, 0.15) is 0 Å². The molecule has 0 saturated heterocycles. The van der Waals surface area contributed by atoms with Crippen LogP contribution in [-0.4, -0.2) is 24.9 Å². The first-order valence-electron chi connectivity index (χ1n) is 7.09. The van der Waals surface area contributed by atoms with Gasteiger partial charge in [0.2, 0.25) is 5.91 Å². The summed E-state index contributed by atoms with van der Waals surface area (Å²) in [7, 11) is 0. The smallest absolute Gasteiger partial charge is 0.251 e. The molecule has 0 radical (unpaired) electrons. The molecule has 120 valence electrons. The zero-order chi connectivity index (χ0) is 16.7. The van der Waals surface area contributed by atoms with E-state index in [-0.39, 0.29) is 11.8 Å². The Morgan fingerprint density at radius 2 is 1.48 bits per heavy atom. The molecule has 0 atom stereocenters. The van der Waals surface area contributed by atoms with E-state index in [2.05, 4.69) is 10.6 Å². The molecule has 2 aromatic rings. The molecule has 0 aromatic heterocycles. The van der Waals surface area contributed by atoms with Gasteiger partial charge in [0.25, 0.3) is 5.91 Å². The predicted octanol–water partition coefficient (Wildman–Crippen LogP) is 3.08. The Balaban J connectivity index is 1.72. The lowest BCUT2D eigenvalue weighted by molar-refractivity contribution is -0.120. The number of carbonyl (C=O) groups excluding carboxylic acids is 2. The Morgan fingerprint density at radius 3 is 2.13 bits per heavy atom. The highest BCUT2D eigenvalue weighted by molar-refractivity contribution is 6.35. The lowest BCUT2D eigenvalue weighted by Crippen LogP contribution is -2.35. The highest BCUT2D eigenvalue weighted by Crippen LogP contribution is 2.18. The average molecular weight is 351 g/mol. The van der Waals surface area contributed by atoms with E-state index in [0.29, 0.717) is 35.1 Å². The third-order valence-corrected chi connectivity index (χ3v) is 3.50. The lowest BCUT2D eigenvalue weighted by atomic mass is 10.1. The fraction of sp³-hybridized carbons (Fsp3) is 0.176. The first-order valence-corrected chi connectivity index (χ1v) is 7.85. The number of rotatable bonds is 6. The topological polar surface area (TPSA) is 58.2 Å². The zero-order valence-electron chi connectivity index (χ0n) is 12.3. The van der Waals surface area contributed by atoms with Gasteiger partial charge in [-0.15, -0.1) is 0 Å². The summed E-state index contributed by atoms with van der Waals surface area (Å²) < 4.78 is 0. The molecule has 0 aliphatic heterocycles. The van der Waals surface area contributed by atoms with Crippen LogP contribution in [0.2, 0.25) is 10.0 Å². The third kappa shape index (κ3) is 5.93. The Hall–Kier alpha value is -2.04. The van der Waals surface area contributed by atoms with E-state index in [1.54, 1.807) is 6.07 Å². The first kappa shape index (κ1) is 17.3. The molecule has 0 heterocycles. The van der Waals surface area contributed by atoms with Crippen molar-refractivity contribution in [1.29, 1.82) is 0 Å². The molecule has 4 nitrogen and oxygen atoms in total. The van der Waals surface area contributed by atoms with Crippen molar-refractivity contribution in [3.63, 3.8) is 0 Å². The van der Waals surface area contributed by atoms with Crippen LogP contribution in [0.1, 0.15) is 15.9 Å². The summed E-state index contributed by atoms with van der Waals surface area (Å²) in [6.45, 7) is 0.676. The van der Waals surface area contributed by atoms with Crippen molar-refractivity contribution in [2.24, 2.45) is 0 Å². The molecule has 0 aliphatic rings. The van der Waals surface area contributed by atoms with Gasteiger partial charge in [-0.2, -0.15) is 0 Å². The van der Waals surface area contributed by atoms with Crippen LogP contribution in [0.4, 0.5) is 0 Å². The summed E-state index contributed by atoms with van der Waals surface area (Å²) in [5.41, 5.74) is 1.33. The Labute approximate surface area is 144 Å². The van der Waals surface area contributed by atoms with Gasteiger partial charge in [-0.25, -0.2) is 0 Å². The largest absolute Gasteiger partial charge is 0.354 e. The van der Waals surface area contributed by atoms with Gasteiger partial charge in [-0.05, 0) is 23.8 Å². The van der Waals surface area contributed by atoms with E-state index in [1.807, 2.05) is 30.3 Å². The highest BCUT2D eigenvalue weighted by Gasteiger charge is 2.08. The van der Waals surface area contributed by atoms with Crippen molar-refractivity contribution >= 4 is 35.0 Å². The number of nitrogens with one attached hydrogen (secondary N) is 2. The Kier molecular flexibility index (Phi) is 6.44. The fourth-order valence-electron chi connectivity index (χ4n) is 2.01. The van der Waals surface area contributed by atoms with Crippen LogP contribution in [0.5, 0.6) is 0 Å². The molecular formula is C17H16Cl2N2O2. The van der Waals surface area contributed by atoms with Crippen molar-refractivity contribution in [2.45, 2.75) is 6.42 Å². The van der Waals surface area contributed by atoms with Crippen molar-refractivity contribution in [3.05, 3.63) is 69.7 Å². The monoisotopic (exact) mass is 350 g/mol. The molecule has 0 unspecified atom stereocenters. The minimum atomic E-state index is -0.285. The summed E-state index contributed by atoms with van der Waals surface area (Å²) >= 11 is 11.7. The van der Waals surface area contributed by atoms with Crippen molar-refractivity contribution in [1.82, 2.24) is 10.6 Å². The van der Waals surface area contributed by atoms with Gasteiger partial charge in [0.15, 0.2) is 0 Å². The Bertz CT molecular complexity index is 670. The van der Waals surface area contributed by atoms with Crippen LogP contribution in [-0.2, 0) is 11.2 Å². The number of carbonyl (C=O) groups is 2. The number of hydrogen-bond donors (Lipinski definition) is 2. The molecule has 2 aromatic carbocycles. The number of amides is 2. The minimum absolute atomic E-state index is 0.0868. The van der Waals surface area contributed by atoms with Crippen LogP contribution in [0.15, 0.2) is 48.5 Å². The van der Waals surface area contributed by atoms with Crippen LogP contribution in [0.3, 0.4) is 0 Å². The average Bonchev–Trinajstić information content (AvgIpc) is 2.51. The molecular weight excluding hydrogens is 335 g/mol. The van der Waals surface area contributed by atoms with Gasteiger partial charge in [0.05, 0.1) is 6.42 Å².